The molecule has 1 atom stereocenters. The molecule has 1 unspecified atom stereocenters. The lowest BCUT2D eigenvalue weighted by atomic mass is 10.1. The maximum atomic E-state index is 12.2. The van der Waals surface area contributed by atoms with Gasteiger partial charge in [-0.05, 0) is 19.1 Å². The van der Waals surface area contributed by atoms with E-state index in [2.05, 4.69) is 10.3 Å². The summed E-state index contributed by atoms with van der Waals surface area (Å²) in [5, 5.41) is 2.85. The number of nitrogen functional groups attached to an aromatic ring is 1. The molecule has 21 heavy (non-hydrogen) atoms. The number of benzene rings is 1. The molecule has 0 radical (unpaired) electrons. The first-order valence-electron chi connectivity index (χ1n) is 6.96. The van der Waals surface area contributed by atoms with Crippen LogP contribution in [0, 0.1) is 0 Å². The molecule has 1 aromatic carbocycles. The number of amides is 1. The molecule has 7 heteroatoms. The van der Waals surface area contributed by atoms with Gasteiger partial charge in [-0.2, -0.15) is 0 Å². The van der Waals surface area contributed by atoms with E-state index in [0.717, 1.165) is 15.9 Å². The third kappa shape index (κ3) is 2.54. The number of morpholine rings is 1. The van der Waals surface area contributed by atoms with Crippen molar-refractivity contribution >= 4 is 38.8 Å². The zero-order valence-corrected chi connectivity index (χ0v) is 12.7. The average Bonchev–Trinajstić information content (AvgIpc) is 2.97. The topological polar surface area (TPSA) is 80.5 Å². The van der Waals surface area contributed by atoms with Crippen molar-refractivity contribution in [1.82, 2.24) is 10.3 Å². The van der Waals surface area contributed by atoms with Crippen molar-refractivity contribution in [2.45, 2.75) is 13.0 Å². The highest BCUT2D eigenvalue weighted by Crippen LogP contribution is 2.34. The summed E-state index contributed by atoms with van der Waals surface area (Å²) in [4.78, 5) is 18.6. The fourth-order valence-electron chi connectivity index (χ4n) is 2.59. The molecule has 1 amide bonds. The number of nitrogens with one attached hydrogen (secondary N) is 1. The van der Waals surface area contributed by atoms with E-state index in [0.29, 0.717) is 32.0 Å². The Bertz CT molecular complexity index is 657. The minimum absolute atomic E-state index is 0.0324. The molecule has 1 aromatic heterocycles. The Morgan fingerprint density at radius 2 is 2.48 bits per heavy atom. The largest absolute Gasteiger partial charge is 0.395 e. The van der Waals surface area contributed by atoms with Gasteiger partial charge in [0.05, 0.1) is 34.8 Å². The lowest BCUT2D eigenvalue weighted by Gasteiger charge is -2.36. The summed E-state index contributed by atoms with van der Waals surface area (Å²) >= 11 is 1.56. The second-order valence-corrected chi connectivity index (χ2v) is 5.76. The van der Waals surface area contributed by atoms with Crippen LogP contribution >= 0.6 is 11.3 Å². The van der Waals surface area contributed by atoms with Gasteiger partial charge in [0.1, 0.15) is 11.6 Å². The molecule has 6 nitrogen and oxygen atoms in total. The summed E-state index contributed by atoms with van der Waals surface area (Å²) in [5.74, 6) is -0.0324. The Labute approximate surface area is 126 Å². The number of nitrogens with two attached hydrogens (primary N) is 1. The van der Waals surface area contributed by atoms with Gasteiger partial charge in [-0.1, -0.05) is 0 Å². The van der Waals surface area contributed by atoms with Crippen LogP contribution in [0.25, 0.3) is 10.2 Å². The zero-order valence-electron chi connectivity index (χ0n) is 11.8. The molecule has 0 bridgehead atoms. The number of likely N-dealkylation sites (N-methyl/N-ethyl adjacent to an activating group) is 1. The molecule has 3 rings (SSSR count). The molecule has 0 saturated carbocycles. The first kappa shape index (κ1) is 14.1. The van der Waals surface area contributed by atoms with Crippen molar-refractivity contribution in [3.8, 4) is 0 Å². The van der Waals surface area contributed by atoms with Gasteiger partial charge >= 0.3 is 0 Å². The molecule has 3 N–H and O–H groups in total. The number of aromatic nitrogens is 1. The third-order valence-corrected chi connectivity index (χ3v) is 4.40. The Morgan fingerprint density at radius 1 is 1.62 bits per heavy atom. The van der Waals surface area contributed by atoms with E-state index in [1.54, 1.807) is 16.8 Å². The molecular formula is C14H18N4O2S. The van der Waals surface area contributed by atoms with Crippen LogP contribution in [0.15, 0.2) is 17.6 Å². The summed E-state index contributed by atoms with van der Waals surface area (Å²) in [6.07, 6.45) is 0. The van der Waals surface area contributed by atoms with Crippen LogP contribution in [0.3, 0.4) is 0 Å². The number of nitrogens with zero attached hydrogens (tertiary/aromatic N) is 2. The van der Waals surface area contributed by atoms with E-state index in [1.807, 2.05) is 24.0 Å². The van der Waals surface area contributed by atoms with Gasteiger partial charge < -0.3 is 20.7 Å². The van der Waals surface area contributed by atoms with Crippen molar-refractivity contribution in [3.63, 3.8) is 0 Å². The van der Waals surface area contributed by atoms with Gasteiger partial charge in [0.25, 0.3) is 0 Å². The first-order valence-corrected chi connectivity index (χ1v) is 7.84. The summed E-state index contributed by atoms with van der Waals surface area (Å²) in [7, 11) is 0. The van der Waals surface area contributed by atoms with E-state index < -0.39 is 0 Å². The highest BCUT2D eigenvalue weighted by Gasteiger charge is 2.30. The lowest BCUT2D eigenvalue weighted by molar-refractivity contribution is -0.124. The van der Waals surface area contributed by atoms with Gasteiger partial charge in [0.15, 0.2) is 0 Å². The minimum Gasteiger partial charge on any atom is -0.395 e. The number of fused-ring (bicyclic) bond motifs is 1. The Hall–Kier alpha value is -1.86. The molecule has 0 aliphatic carbocycles. The number of carbonyl (C=O) groups excluding carboxylic acids is 1. The standard InChI is InChI=1S/C14H18N4O2S/c1-2-16-14(19)10-7-20-6-5-18(10)9-3-4-11-13(12(9)15)17-8-21-11/h3-4,8,10H,2,5-7,15H2,1H3,(H,16,19). The monoisotopic (exact) mass is 306 g/mol. The Kier molecular flexibility index (Phi) is 3.94. The number of hydrogen-bond acceptors (Lipinski definition) is 6. The van der Waals surface area contributed by atoms with Crippen LogP contribution in [0.1, 0.15) is 6.92 Å². The van der Waals surface area contributed by atoms with E-state index >= 15 is 0 Å². The van der Waals surface area contributed by atoms with Crippen molar-refractivity contribution < 1.29 is 9.53 Å². The van der Waals surface area contributed by atoms with Gasteiger partial charge in [0, 0.05) is 13.1 Å². The van der Waals surface area contributed by atoms with Gasteiger partial charge in [-0.25, -0.2) is 4.98 Å². The SMILES string of the molecule is CCNC(=O)C1COCCN1c1ccc2scnc2c1N. The fourth-order valence-corrected chi connectivity index (χ4v) is 3.29. The zero-order chi connectivity index (χ0) is 14.8. The summed E-state index contributed by atoms with van der Waals surface area (Å²) in [6.45, 7) is 4.11. The molecule has 112 valence electrons. The van der Waals surface area contributed by atoms with Crippen LogP contribution < -0.4 is 16.0 Å². The number of hydrogen-bond donors (Lipinski definition) is 2. The molecular weight excluding hydrogens is 288 g/mol. The summed E-state index contributed by atoms with van der Waals surface area (Å²) in [6, 6.07) is 3.62. The van der Waals surface area contributed by atoms with Crippen molar-refractivity contribution in [1.29, 1.82) is 0 Å². The second-order valence-electron chi connectivity index (χ2n) is 4.88. The predicted octanol–water partition coefficient (Wildman–Crippen LogP) is 1.22. The van der Waals surface area contributed by atoms with Crippen LogP contribution in [0.2, 0.25) is 0 Å². The van der Waals surface area contributed by atoms with E-state index in [-0.39, 0.29) is 11.9 Å². The highest BCUT2D eigenvalue weighted by molar-refractivity contribution is 7.16. The maximum Gasteiger partial charge on any atom is 0.245 e. The number of anilines is 2. The minimum atomic E-state index is -0.350. The van der Waals surface area contributed by atoms with Crippen LogP contribution in [-0.2, 0) is 9.53 Å². The number of rotatable bonds is 3. The predicted molar refractivity (Wildman–Crippen MR) is 84.7 cm³/mol. The maximum absolute atomic E-state index is 12.2. The number of carbonyl (C=O) groups is 1. The van der Waals surface area contributed by atoms with Gasteiger partial charge in [-0.15, -0.1) is 11.3 Å². The van der Waals surface area contributed by atoms with Crippen molar-refractivity contribution in [3.05, 3.63) is 17.6 Å². The fraction of sp³-hybridized carbons (Fsp3) is 0.429. The average molecular weight is 306 g/mol. The summed E-state index contributed by atoms with van der Waals surface area (Å²) < 4.78 is 6.51. The first-order chi connectivity index (χ1) is 10.2. The van der Waals surface area contributed by atoms with Gasteiger partial charge in [0.2, 0.25) is 5.91 Å². The molecule has 1 aliphatic rings. The Balaban J connectivity index is 1.97. The molecule has 1 aliphatic heterocycles. The highest BCUT2D eigenvalue weighted by atomic mass is 32.1. The third-order valence-electron chi connectivity index (χ3n) is 3.61. The Morgan fingerprint density at radius 3 is 3.29 bits per heavy atom. The molecule has 2 heterocycles. The molecule has 0 spiro atoms. The molecule has 1 saturated heterocycles. The smallest absolute Gasteiger partial charge is 0.245 e. The van der Waals surface area contributed by atoms with Gasteiger partial charge in [-0.3, -0.25) is 4.79 Å². The quantitative estimate of drug-likeness (QED) is 0.833. The van der Waals surface area contributed by atoms with Crippen LogP contribution in [-0.4, -0.2) is 43.2 Å². The van der Waals surface area contributed by atoms with Crippen LogP contribution in [0.5, 0.6) is 0 Å². The van der Waals surface area contributed by atoms with E-state index in [1.165, 1.54) is 0 Å². The number of ether oxygens (including phenoxy) is 1. The molecule has 1 fully saturated rings. The molecule has 2 aromatic rings. The van der Waals surface area contributed by atoms with E-state index in [4.69, 9.17) is 10.5 Å². The lowest BCUT2D eigenvalue weighted by Crippen LogP contribution is -2.54. The summed E-state index contributed by atoms with van der Waals surface area (Å²) in [5.41, 5.74) is 10.3. The van der Waals surface area contributed by atoms with Crippen LogP contribution in [0.4, 0.5) is 11.4 Å². The normalized spacial score (nSPS) is 18.9. The number of thiazole rings is 1. The van der Waals surface area contributed by atoms with Crippen molar-refractivity contribution in [2.24, 2.45) is 0 Å². The van der Waals surface area contributed by atoms with Crippen molar-refractivity contribution in [2.75, 3.05) is 36.9 Å². The second kappa shape index (κ2) is 5.87. The van der Waals surface area contributed by atoms with E-state index in [9.17, 15) is 4.79 Å².